The Morgan fingerprint density at radius 2 is 2.00 bits per heavy atom. The van der Waals surface area contributed by atoms with Crippen LogP contribution in [0, 0.1) is 0 Å². The van der Waals surface area contributed by atoms with Crippen LogP contribution in [0.2, 0.25) is 0 Å². The summed E-state index contributed by atoms with van der Waals surface area (Å²) in [6.45, 7) is 7.08. The molecule has 0 bridgehead atoms. The molecule has 0 aliphatic rings. The Labute approximate surface area is 155 Å². The first-order chi connectivity index (χ1) is 12.8. The summed E-state index contributed by atoms with van der Waals surface area (Å²) in [7, 11) is 0. The van der Waals surface area contributed by atoms with E-state index in [1.54, 1.807) is 0 Å². The van der Waals surface area contributed by atoms with E-state index in [2.05, 4.69) is 29.2 Å². The zero-order valence-electron chi connectivity index (χ0n) is 15.3. The Kier molecular flexibility index (Phi) is 7.23. The molecule has 0 saturated carbocycles. The van der Waals surface area contributed by atoms with Crippen LogP contribution in [-0.2, 0) is 12.9 Å². The van der Waals surface area contributed by atoms with Gasteiger partial charge in [0.2, 0.25) is 0 Å². The molecule has 9 heteroatoms. The van der Waals surface area contributed by atoms with Crippen molar-refractivity contribution in [2.24, 2.45) is 0 Å². The Balaban J connectivity index is 1.86. The third-order valence-corrected chi connectivity index (χ3v) is 4.01. The standard InChI is InChI=1S/C18H23F3N4O2/c1-3-24(4-2)11-9-22-17(26)16-8-10-25(23-16)13-27-15-7-5-6-14(12-15)18(19,20)21/h5-8,10,12H,3-4,9,11,13H2,1-2H3,(H,22,26). The molecule has 2 rings (SSSR count). The second-order valence-corrected chi connectivity index (χ2v) is 5.82. The van der Waals surface area contributed by atoms with Crippen molar-refractivity contribution in [1.29, 1.82) is 0 Å². The first kappa shape index (κ1) is 20.8. The van der Waals surface area contributed by atoms with Crippen molar-refractivity contribution in [1.82, 2.24) is 20.0 Å². The van der Waals surface area contributed by atoms with Gasteiger partial charge in [-0.25, -0.2) is 4.68 Å². The molecule has 0 radical (unpaired) electrons. The third-order valence-electron chi connectivity index (χ3n) is 4.01. The Morgan fingerprint density at radius 3 is 2.67 bits per heavy atom. The number of alkyl halides is 3. The minimum Gasteiger partial charge on any atom is -0.471 e. The Hall–Kier alpha value is -2.55. The maximum atomic E-state index is 12.7. The summed E-state index contributed by atoms with van der Waals surface area (Å²) in [5.74, 6) is -0.231. The van der Waals surface area contributed by atoms with Crippen LogP contribution in [0.15, 0.2) is 36.5 Å². The van der Waals surface area contributed by atoms with Gasteiger partial charge < -0.3 is 15.0 Å². The number of halogens is 3. The number of hydrogen-bond donors (Lipinski definition) is 1. The summed E-state index contributed by atoms with van der Waals surface area (Å²) in [6, 6.07) is 6.13. The molecule has 27 heavy (non-hydrogen) atoms. The van der Waals surface area contributed by atoms with Crippen LogP contribution in [0.1, 0.15) is 29.9 Å². The second-order valence-electron chi connectivity index (χ2n) is 5.82. The van der Waals surface area contributed by atoms with E-state index < -0.39 is 11.7 Å². The average Bonchev–Trinajstić information content (AvgIpc) is 3.12. The summed E-state index contributed by atoms with van der Waals surface area (Å²) < 4.78 is 44.8. The number of carbonyl (C=O) groups excluding carboxylic acids is 1. The third kappa shape index (κ3) is 6.28. The number of benzene rings is 1. The normalized spacial score (nSPS) is 11.6. The first-order valence-electron chi connectivity index (χ1n) is 8.67. The van der Waals surface area contributed by atoms with Crippen LogP contribution in [0.5, 0.6) is 5.75 Å². The Morgan fingerprint density at radius 1 is 1.26 bits per heavy atom. The van der Waals surface area contributed by atoms with Crippen LogP contribution >= 0.6 is 0 Å². The number of carbonyl (C=O) groups is 1. The lowest BCUT2D eigenvalue weighted by molar-refractivity contribution is -0.137. The molecular weight excluding hydrogens is 361 g/mol. The van der Waals surface area contributed by atoms with Crippen molar-refractivity contribution in [3.05, 3.63) is 47.8 Å². The van der Waals surface area contributed by atoms with E-state index >= 15 is 0 Å². The fraction of sp³-hybridized carbons (Fsp3) is 0.444. The van der Waals surface area contributed by atoms with Gasteiger partial charge in [0, 0.05) is 19.3 Å². The summed E-state index contributed by atoms with van der Waals surface area (Å²) in [5, 5.41) is 6.87. The van der Waals surface area contributed by atoms with Gasteiger partial charge in [-0.1, -0.05) is 19.9 Å². The minimum absolute atomic E-state index is 0.0746. The maximum absolute atomic E-state index is 12.7. The van der Waals surface area contributed by atoms with Gasteiger partial charge in [-0.2, -0.15) is 18.3 Å². The lowest BCUT2D eigenvalue weighted by Gasteiger charge is -2.17. The van der Waals surface area contributed by atoms with Crippen molar-refractivity contribution in [2.45, 2.75) is 26.8 Å². The molecule has 6 nitrogen and oxygen atoms in total. The number of nitrogens with one attached hydrogen (secondary N) is 1. The van der Waals surface area contributed by atoms with Crippen molar-refractivity contribution >= 4 is 5.91 Å². The van der Waals surface area contributed by atoms with Gasteiger partial charge in [0.25, 0.3) is 5.91 Å². The maximum Gasteiger partial charge on any atom is 0.416 e. The van der Waals surface area contributed by atoms with Crippen molar-refractivity contribution < 1.29 is 22.7 Å². The number of hydrogen-bond acceptors (Lipinski definition) is 4. The molecule has 148 valence electrons. The summed E-state index contributed by atoms with van der Waals surface area (Å²) in [6.07, 6.45) is -2.89. The zero-order chi connectivity index (χ0) is 19.9. The molecule has 0 fully saturated rings. The fourth-order valence-electron chi connectivity index (χ4n) is 2.42. The van der Waals surface area contributed by atoms with Crippen molar-refractivity contribution in [3.8, 4) is 5.75 Å². The predicted octanol–water partition coefficient (Wildman–Crippen LogP) is 3.01. The molecule has 0 spiro atoms. The molecule has 1 aromatic heterocycles. The summed E-state index contributed by atoms with van der Waals surface area (Å²) in [4.78, 5) is 14.3. The van der Waals surface area contributed by atoms with E-state index in [4.69, 9.17) is 4.74 Å². The van der Waals surface area contributed by atoms with Gasteiger partial charge in [0.15, 0.2) is 6.73 Å². The fourth-order valence-corrected chi connectivity index (χ4v) is 2.42. The van der Waals surface area contributed by atoms with Crippen LogP contribution < -0.4 is 10.1 Å². The number of likely N-dealkylation sites (N-methyl/N-ethyl adjacent to an activating group) is 1. The van der Waals surface area contributed by atoms with E-state index in [1.165, 1.54) is 29.1 Å². The van der Waals surface area contributed by atoms with Crippen LogP contribution in [0.4, 0.5) is 13.2 Å². The number of aromatic nitrogens is 2. The van der Waals surface area contributed by atoms with E-state index in [0.29, 0.717) is 6.54 Å². The summed E-state index contributed by atoms with van der Waals surface area (Å²) >= 11 is 0. The van der Waals surface area contributed by atoms with Gasteiger partial charge in [-0.3, -0.25) is 4.79 Å². The van der Waals surface area contributed by atoms with Crippen LogP contribution in [-0.4, -0.2) is 46.8 Å². The first-order valence-corrected chi connectivity index (χ1v) is 8.67. The highest BCUT2D eigenvalue weighted by Crippen LogP contribution is 2.31. The molecule has 0 aliphatic heterocycles. The molecule has 1 N–H and O–H groups in total. The molecule has 1 aromatic carbocycles. The van der Waals surface area contributed by atoms with Gasteiger partial charge >= 0.3 is 6.18 Å². The molecular formula is C18H23F3N4O2. The predicted molar refractivity (Wildman–Crippen MR) is 94.4 cm³/mol. The second kappa shape index (κ2) is 9.40. The minimum atomic E-state index is -4.43. The monoisotopic (exact) mass is 384 g/mol. The molecule has 0 unspecified atom stereocenters. The highest BCUT2D eigenvalue weighted by atomic mass is 19.4. The smallest absolute Gasteiger partial charge is 0.416 e. The molecule has 0 aliphatic carbocycles. The average molecular weight is 384 g/mol. The van der Waals surface area contributed by atoms with Gasteiger partial charge in [0.05, 0.1) is 5.56 Å². The van der Waals surface area contributed by atoms with Crippen molar-refractivity contribution in [2.75, 3.05) is 26.2 Å². The number of amides is 1. The number of nitrogens with zero attached hydrogens (tertiary/aromatic N) is 3. The van der Waals surface area contributed by atoms with Crippen molar-refractivity contribution in [3.63, 3.8) is 0 Å². The Bertz CT molecular complexity index is 742. The van der Waals surface area contributed by atoms with Crippen LogP contribution in [0.25, 0.3) is 0 Å². The number of ether oxygens (including phenoxy) is 1. The van der Waals surface area contributed by atoms with E-state index in [1.807, 2.05) is 0 Å². The zero-order valence-corrected chi connectivity index (χ0v) is 15.3. The topological polar surface area (TPSA) is 59.4 Å². The quantitative estimate of drug-likeness (QED) is 0.722. The van der Waals surface area contributed by atoms with E-state index in [9.17, 15) is 18.0 Å². The largest absolute Gasteiger partial charge is 0.471 e. The van der Waals surface area contributed by atoms with E-state index in [0.717, 1.165) is 31.8 Å². The molecule has 0 atom stereocenters. The lowest BCUT2D eigenvalue weighted by Crippen LogP contribution is -2.35. The lowest BCUT2D eigenvalue weighted by atomic mass is 10.2. The van der Waals surface area contributed by atoms with Crippen LogP contribution in [0.3, 0.4) is 0 Å². The van der Waals surface area contributed by atoms with Gasteiger partial charge in [-0.05, 0) is 37.4 Å². The molecule has 1 amide bonds. The van der Waals surface area contributed by atoms with Gasteiger partial charge in [0.1, 0.15) is 11.4 Å². The molecule has 2 aromatic rings. The molecule has 0 saturated heterocycles. The van der Waals surface area contributed by atoms with Gasteiger partial charge in [-0.15, -0.1) is 0 Å². The SMILES string of the molecule is CCN(CC)CCNC(=O)c1ccn(COc2cccc(C(F)(F)F)c2)n1. The highest BCUT2D eigenvalue weighted by Gasteiger charge is 2.30. The highest BCUT2D eigenvalue weighted by molar-refractivity contribution is 5.92. The van der Waals surface area contributed by atoms with E-state index in [-0.39, 0.29) is 24.1 Å². The summed E-state index contributed by atoms with van der Waals surface area (Å²) in [5.41, 5.74) is -0.559. The molecule has 1 heterocycles. The number of rotatable bonds is 9.